The van der Waals surface area contributed by atoms with E-state index >= 15 is 0 Å². The Balaban J connectivity index is 1.62. The van der Waals surface area contributed by atoms with Crippen molar-refractivity contribution >= 4 is 34.8 Å². The van der Waals surface area contributed by atoms with Gasteiger partial charge in [-0.3, -0.25) is 9.59 Å². The molecule has 0 fully saturated rings. The summed E-state index contributed by atoms with van der Waals surface area (Å²) < 4.78 is 0. The quantitative estimate of drug-likeness (QED) is 0.457. The highest BCUT2D eigenvalue weighted by atomic mass is 32.2. The van der Waals surface area contributed by atoms with Crippen molar-refractivity contribution in [2.45, 2.75) is 4.90 Å². The van der Waals surface area contributed by atoms with Crippen LogP contribution in [0.2, 0.25) is 0 Å². The number of carbonyl (C=O) groups excluding carboxylic acids is 2. The van der Waals surface area contributed by atoms with Crippen molar-refractivity contribution in [3.05, 3.63) is 90.0 Å². The second-order valence-electron chi connectivity index (χ2n) is 6.50. The Labute approximate surface area is 169 Å². The normalized spacial score (nSPS) is 10.4. The van der Waals surface area contributed by atoms with Gasteiger partial charge in [0.1, 0.15) is 0 Å². The first-order chi connectivity index (χ1) is 13.5. The molecule has 3 aromatic carbocycles. The number of hydrogen-bond acceptors (Lipinski definition) is 4. The van der Waals surface area contributed by atoms with Gasteiger partial charge in [0.2, 0.25) is 0 Å². The first-order valence-electron chi connectivity index (χ1n) is 8.93. The molecule has 0 unspecified atom stereocenters. The van der Waals surface area contributed by atoms with Crippen LogP contribution in [0.25, 0.3) is 0 Å². The van der Waals surface area contributed by atoms with Crippen molar-refractivity contribution in [1.82, 2.24) is 0 Å². The lowest BCUT2D eigenvalue weighted by Crippen LogP contribution is -2.12. The fraction of sp³-hybridized carbons (Fsp3) is 0.130. The zero-order chi connectivity index (χ0) is 19.9. The van der Waals surface area contributed by atoms with Crippen molar-refractivity contribution in [2.24, 2.45) is 0 Å². The Hall–Kier alpha value is -3.05. The number of amides is 1. The topological polar surface area (TPSA) is 49.4 Å². The summed E-state index contributed by atoms with van der Waals surface area (Å²) in [5.41, 5.74) is 3.08. The maximum absolute atomic E-state index is 12.5. The summed E-state index contributed by atoms with van der Waals surface area (Å²) in [5, 5.41) is 2.91. The molecule has 28 heavy (non-hydrogen) atoms. The van der Waals surface area contributed by atoms with E-state index in [2.05, 4.69) is 5.32 Å². The summed E-state index contributed by atoms with van der Waals surface area (Å²) in [6.07, 6.45) is 0. The number of rotatable bonds is 7. The van der Waals surface area contributed by atoms with E-state index in [9.17, 15) is 9.59 Å². The molecule has 0 heterocycles. The molecule has 1 amide bonds. The largest absolute Gasteiger partial charge is 0.378 e. The van der Waals surface area contributed by atoms with Gasteiger partial charge in [0.15, 0.2) is 5.78 Å². The highest BCUT2D eigenvalue weighted by molar-refractivity contribution is 8.00. The molecule has 0 bridgehead atoms. The van der Waals surface area contributed by atoms with Crippen LogP contribution in [0.5, 0.6) is 0 Å². The second kappa shape index (κ2) is 9.24. The van der Waals surface area contributed by atoms with Gasteiger partial charge in [-0.15, -0.1) is 11.8 Å². The lowest BCUT2D eigenvalue weighted by Gasteiger charge is -2.13. The lowest BCUT2D eigenvalue weighted by molar-refractivity contribution is 0.101. The van der Waals surface area contributed by atoms with Crippen LogP contribution in [-0.2, 0) is 0 Å². The highest BCUT2D eigenvalue weighted by Gasteiger charge is 2.10. The fourth-order valence-corrected chi connectivity index (χ4v) is 3.48. The molecule has 0 aliphatic heterocycles. The van der Waals surface area contributed by atoms with E-state index in [1.807, 2.05) is 91.8 Å². The average Bonchev–Trinajstić information content (AvgIpc) is 2.73. The second-order valence-corrected chi connectivity index (χ2v) is 7.55. The molecule has 0 radical (unpaired) electrons. The molecular weight excluding hydrogens is 368 g/mol. The van der Waals surface area contributed by atoms with Gasteiger partial charge >= 0.3 is 0 Å². The summed E-state index contributed by atoms with van der Waals surface area (Å²) in [4.78, 5) is 27.7. The molecular formula is C23H22N2O2S. The molecule has 3 aromatic rings. The SMILES string of the molecule is CN(C)c1ccc(NC(=O)c2cccc(SCC(=O)c3ccccc3)c2)cc1. The summed E-state index contributed by atoms with van der Waals surface area (Å²) >= 11 is 1.43. The fourth-order valence-electron chi connectivity index (χ4n) is 2.63. The first-order valence-corrected chi connectivity index (χ1v) is 9.91. The molecule has 0 aliphatic rings. The van der Waals surface area contributed by atoms with Crippen LogP contribution >= 0.6 is 11.8 Å². The van der Waals surface area contributed by atoms with Gasteiger partial charge in [0, 0.05) is 41.5 Å². The minimum Gasteiger partial charge on any atom is -0.378 e. The first kappa shape index (κ1) is 19.7. The van der Waals surface area contributed by atoms with Crippen molar-refractivity contribution in [1.29, 1.82) is 0 Å². The maximum atomic E-state index is 12.5. The number of anilines is 2. The third kappa shape index (κ3) is 5.24. The zero-order valence-corrected chi connectivity index (χ0v) is 16.7. The molecule has 4 nitrogen and oxygen atoms in total. The molecule has 1 N–H and O–H groups in total. The van der Waals surface area contributed by atoms with Crippen LogP contribution < -0.4 is 10.2 Å². The van der Waals surface area contributed by atoms with Crippen molar-refractivity contribution in [3.8, 4) is 0 Å². The number of thioether (sulfide) groups is 1. The summed E-state index contributed by atoms with van der Waals surface area (Å²) in [7, 11) is 3.94. The van der Waals surface area contributed by atoms with Crippen LogP contribution in [0, 0.1) is 0 Å². The van der Waals surface area contributed by atoms with E-state index in [0.29, 0.717) is 16.9 Å². The molecule has 0 aromatic heterocycles. The Morgan fingerprint density at radius 3 is 2.21 bits per heavy atom. The minimum absolute atomic E-state index is 0.0708. The maximum Gasteiger partial charge on any atom is 0.255 e. The van der Waals surface area contributed by atoms with Gasteiger partial charge in [-0.25, -0.2) is 0 Å². The standard InChI is InChI=1S/C23H22N2O2S/c1-25(2)20-13-11-19(12-14-20)24-23(27)18-9-6-10-21(15-18)28-16-22(26)17-7-4-3-5-8-17/h3-15H,16H2,1-2H3,(H,24,27). The molecule has 3 rings (SSSR count). The van der Waals surface area contributed by atoms with Gasteiger partial charge in [-0.05, 0) is 42.5 Å². The molecule has 142 valence electrons. The van der Waals surface area contributed by atoms with Gasteiger partial charge in [0.25, 0.3) is 5.91 Å². The minimum atomic E-state index is -0.172. The van der Waals surface area contributed by atoms with E-state index < -0.39 is 0 Å². The predicted molar refractivity (Wildman–Crippen MR) is 117 cm³/mol. The van der Waals surface area contributed by atoms with Gasteiger partial charge in [-0.1, -0.05) is 36.4 Å². The predicted octanol–water partition coefficient (Wildman–Crippen LogP) is 4.98. The van der Waals surface area contributed by atoms with Crippen molar-refractivity contribution in [2.75, 3.05) is 30.1 Å². The Morgan fingerprint density at radius 2 is 1.54 bits per heavy atom. The monoisotopic (exact) mass is 390 g/mol. The van der Waals surface area contributed by atoms with E-state index in [1.165, 1.54) is 11.8 Å². The molecule has 0 aliphatic carbocycles. The summed E-state index contributed by atoms with van der Waals surface area (Å²) in [6.45, 7) is 0. The van der Waals surface area contributed by atoms with E-state index in [0.717, 1.165) is 16.3 Å². The third-order valence-electron chi connectivity index (χ3n) is 4.20. The Kier molecular flexibility index (Phi) is 6.50. The number of carbonyl (C=O) groups is 2. The van der Waals surface area contributed by atoms with E-state index in [-0.39, 0.29) is 11.7 Å². The van der Waals surface area contributed by atoms with Crippen LogP contribution in [0.15, 0.2) is 83.8 Å². The van der Waals surface area contributed by atoms with E-state index in [1.54, 1.807) is 6.07 Å². The summed E-state index contributed by atoms with van der Waals surface area (Å²) in [6, 6.07) is 24.2. The highest BCUT2D eigenvalue weighted by Crippen LogP contribution is 2.22. The van der Waals surface area contributed by atoms with E-state index in [4.69, 9.17) is 0 Å². The Morgan fingerprint density at radius 1 is 0.857 bits per heavy atom. The average molecular weight is 391 g/mol. The van der Waals surface area contributed by atoms with Gasteiger partial charge < -0.3 is 10.2 Å². The van der Waals surface area contributed by atoms with Crippen LogP contribution in [-0.4, -0.2) is 31.5 Å². The van der Waals surface area contributed by atoms with Crippen LogP contribution in [0.1, 0.15) is 20.7 Å². The van der Waals surface area contributed by atoms with Crippen molar-refractivity contribution < 1.29 is 9.59 Å². The number of nitrogens with zero attached hydrogens (tertiary/aromatic N) is 1. The van der Waals surface area contributed by atoms with Gasteiger partial charge in [-0.2, -0.15) is 0 Å². The molecule has 0 spiro atoms. The number of Topliss-reactive ketones (excluding diaryl/α,β-unsaturated/α-hetero) is 1. The van der Waals surface area contributed by atoms with Crippen molar-refractivity contribution in [3.63, 3.8) is 0 Å². The van der Waals surface area contributed by atoms with Crippen LogP contribution in [0.3, 0.4) is 0 Å². The Bertz CT molecular complexity index is 954. The zero-order valence-electron chi connectivity index (χ0n) is 15.9. The molecule has 5 heteroatoms. The number of ketones is 1. The number of benzene rings is 3. The number of nitrogens with one attached hydrogen (secondary N) is 1. The molecule has 0 atom stereocenters. The summed E-state index contributed by atoms with van der Waals surface area (Å²) in [5.74, 6) is 0.233. The smallest absolute Gasteiger partial charge is 0.255 e. The third-order valence-corrected chi connectivity index (χ3v) is 5.20. The molecule has 0 saturated heterocycles. The molecule has 0 saturated carbocycles. The van der Waals surface area contributed by atoms with Crippen LogP contribution in [0.4, 0.5) is 11.4 Å². The number of hydrogen-bond donors (Lipinski definition) is 1. The van der Waals surface area contributed by atoms with Gasteiger partial charge in [0.05, 0.1) is 5.75 Å². The lowest BCUT2D eigenvalue weighted by atomic mass is 10.2.